The van der Waals surface area contributed by atoms with Crippen LogP contribution >= 0.6 is 0 Å². The molecule has 98 valence electrons. The fourth-order valence-electron chi connectivity index (χ4n) is 3.74. The third-order valence-corrected chi connectivity index (χ3v) is 6.48. The zero-order valence-corrected chi connectivity index (χ0v) is 11.7. The van der Waals surface area contributed by atoms with Gasteiger partial charge in [-0.15, -0.1) is 0 Å². The van der Waals surface area contributed by atoms with Crippen LogP contribution in [-0.2, 0) is 10.8 Å². The summed E-state index contributed by atoms with van der Waals surface area (Å²) < 4.78 is 12.5. The quantitative estimate of drug-likeness (QED) is 0.851. The molecular weight excluding hydrogens is 242 g/mol. The lowest BCUT2D eigenvalue weighted by molar-refractivity contribution is 0.363. The number of nitrogens with two attached hydrogens (primary N) is 1. The van der Waals surface area contributed by atoms with E-state index in [9.17, 15) is 4.21 Å². The lowest BCUT2D eigenvalue weighted by atomic mass is 9.90. The minimum atomic E-state index is -0.877. The van der Waals surface area contributed by atoms with Crippen LogP contribution in [0.25, 0.3) is 0 Å². The highest BCUT2D eigenvalue weighted by Gasteiger charge is 2.40. The molecule has 2 N–H and O–H groups in total. The van der Waals surface area contributed by atoms with Gasteiger partial charge in [0, 0.05) is 16.3 Å². The summed E-state index contributed by atoms with van der Waals surface area (Å²) in [6.07, 6.45) is 5.46. The van der Waals surface area contributed by atoms with Crippen molar-refractivity contribution < 1.29 is 4.21 Å². The topological polar surface area (TPSA) is 43.1 Å². The van der Waals surface area contributed by atoms with E-state index in [0.29, 0.717) is 5.92 Å². The van der Waals surface area contributed by atoms with Crippen molar-refractivity contribution in [3.63, 3.8) is 0 Å². The average Bonchev–Trinajstić information content (AvgIpc) is 2.94. The first-order valence-electron chi connectivity index (χ1n) is 6.88. The highest BCUT2D eigenvalue weighted by atomic mass is 32.2. The lowest BCUT2D eigenvalue weighted by Crippen LogP contribution is -2.18. The molecule has 0 heterocycles. The molecule has 2 nitrogen and oxygen atoms in total. The fourth-order valence-corrected chi connectivity index (χ4v) is 5.41. The Morgan fingerprint density at radius 2 is 2.17 bits per heavy atom. The third kappa shape index (κ3) is 2.09. The normalized spacial score (nSPS) is 31.7. The summed E-state index contributed by atoms with van der Waals surface area (Å²) in [5.41, 5.74) is 7.65. The smallest absolute Gasteiger partial charge is 0.0535 e. The summed E-state index contributed by atoms with van der Waals surface area (Å²) in [5.74, 6) is 3.30. The van der Waals surface area contributed by atoms with Crippen molar-refractivity contribution in [2.75, 3.05) is 11.5 Å². The number of hydrogen-bond acceptors (Lipinski definition) is 2. The maximum absolute atomic E-state index is 12.5. The van der Waals surface area contributed by atoms with Crippen LogP contribution in [0.1, 0.15) is 31.2 Å². The summed E-state index contributed by atoms with van der Waals surface area (Å²) in [4.78, 5) is 0.942. The van der Waals surface area contributed by atoms with Gasteiger partial charge in [-0.05, 0) is 61.6 Å². The van der Waals surface area contributed by atoms with Crippen molar-refractivity contribution in [3.8, 4) is 0 Å². The van der Waals surface area contributed by atoms with Gasteiger partial charge in [0.15, 0.2) is 0 Å². The summed E-state index contributed by atoms with van der Waals surface area (Å²) in [6.45, 7) is 1.98. The minimum Gasteiger partial charge on any atom is -0.398 e. The third-order valence-electron chi connectivity index (χ3n) is 4.82. The first-order valence-corrected chi connectivity index (χ1v) is 8.20. The van der Waals surface area contributed by atoms with Crippen LogP contribution in [-0.4, -0.2) is 9.96 Å². The number of fused-ring (bicyclic) bond motifs is 2. The molecule has 0 amide bonds. The zero-order valence-electron chi connectivity index (χ0n) is 10.9. The maximum atomic E-state index is 12.5. The fraction of sp³-hybridized carbons (Fsp3) is 0.600. The molecule has 0 saturated heterocycles. The molecule has 3 heteroatoms. The average molecular weight is 263 g/mol. The van der Waals surface area contributed by atoms with Crippen molar-refractivity contribution in [3.05, 3.63) is 23.8 Å². The van der Waals surface area contributed by atoms with Crippen molar-refractivity contribution in [2.24, 2.45) is 17.8 Å². The molecule has 3 rings (SSSR count). The molecule has 0 aromatic heterocycles. The van der Waals surface area contributed by atoms with E-state index in [-0.39, 0.29) is 0 Å². The molecule has 2 bridgehead atoms. The Hall–Kier alpha value is -0.830. The summed E-state index contributed by atoms with van der Waals surface area (Å²) in [6, 6.07) is 5.76. The molecule has 2 aliphatic rings. The van der Waals surface area contributed by atoms with Crippen LogP contribution in [0.3, 0.4) is 0 Å². The second kappa shape index (κ2) is 4.69. The van der Waals surface area contributed by atoms with E-state index in [0.717, 1.165) is 33.7 Å². The van der Waals surface area contributed by atoms with Gasteiger partial charge in [-0.2, -0.15) is 0 Å². The van der Waals surface area contributed by atoms with Crippen molar-refractivity contribution in [1.29, 1.82) is 0 Å². The molecule has 4 unspecified atom stereocenters. The number of anilines is 1. The zero-order chi connectivity index (χ0) is 12.7. The van der Waals surface area contributed by atoms with Crippen molar-refractivity contribution in [2.45, 2.75) is 37.5 Å². The first kappa shape index (κ1) is 12.2. The predicted molar refractivity (Wildman–Crippen MR) is 75.8 cm³/mol. The molecule has 1 aromatic rings. The van der Waals surface area contributed by atoms with Gasteiger partial charge in [-0.25, -0.2) is 0 Å². The van der Waals surface area contributed by atoms with E-state index >= 15 is 0 Å². The van der Waals surface area contributed by atoms with Gasteiger partial charge in [0.2, 0.25) is 0 Å². The van der Waals surface area contributed by atoms with E-state index < -0.39 is 10.8 Å². The minimum absolute atomic E-state index is 0.686. The monoisotopic (exact) mass is 263 g/mol. The molecule has 4 atom stereocenters. The highest BCUT2D eigenvalue weighted by Crippen LogP contribution is 2.48. The standard InChI is InChI=1S/C15H21NOS/c1-10-14(16)3-2-4-15(10)18(17)9-13-8-11-5-6-12(13)7-11/h2-4,11-13H,5-9,16H2,1H3. The number of benzene rings is 1. The van der Waals surface area contributed by atoms with Crippen LogP contribution in [0.5, 0.6) is 0 Å². The molecular formula is C15H21NOS. The maximum Gasteiger partial charge on any atom is 0.0535 e. The Morgan fingerprint density at radius 3 is 2.83 bits per heavy atom. The van der Waals surface area contributed by atoms with E-state index in [1.54, 1.807) is 0 Å². The number of rotatable bonds is 3. The van der Waals surface area contributed by atoms with Crippen LogP contribution in [0, 0.1) is 24.7 Å². The van der Waals surface area contributed by atoms with Gasteiger partial charge in [0.1, 0.15) is 0 Å². The molecule has 0 spiro atoms. The van der Waals surface area contributed by atoms with E-state index in [1.807, 2.05) is 25.1 Å². The second-order valence-corrected chi connectivity index (χ2v) is 7.38. The molecule has 0 radical (unpaired) electrons. The van der Waals surface area contributed by atoms with Crippen molar-refractivity contribution >= 4 is 16.5 Å². The molecule has 2 aliphatic carbocycles. The van der Waals surface area contributed by atoms with Gasteiger partial charge in [-0.3, -0.25) is 4.21 Å². The van der Waals surface area contributed by atoms with E-state index in [2.05, 4.69) is 0 Å². The van der Waals surface area contributed by atoms with E-state index in [4.69, 9.17) is 5.73 Å². The Kier molecular flexibility index (Phi) is 3.18. The Morgan fingerprint density at radius 1 is 1.33 bits per heavy atom. The largest absolute Gasteiger partial charge is 0.398 e. The van der Waals surface area contributed by atoms with Gasteiger partial charge in [-0.1, -0.05) is 12.5 Å². The van der Waals surface area contributed by atoms with Crippen LogP contribution in [0.2, 0.25) is 0 Å². The summed E-state index contributed by atoms with van der Waals surface area (Å²) >= 11 is 0. The molecule has 2 saturated carbocycles. The lowest BCUT2D eigenvalue weighted by Gasteiger charge is -2.21. The Labute approximate surface area is 111 Å². The summed E-state index contributed by atoms with van der Waals surface area (Å²) in [7, 11) is -0.877. The van der Waals surface area contributed by atoms with Crippen molar-refractivity contribution in [1.82, 2.24) is 0 Å². The van der Waals surface area contributed by atoms with Crippen LogP contribution < -0.4 is 5.73 Å². The molecule has 18 heavy (non-hydrogen) atoms. The summed E-state index contributed by atoms with van der Waals surface area (Å²) in [5, 5.41) is 0. The number of hydrogen-bond donors (Lipinski definition) is 1. The van der Waals surface area contributed by atoms with Gasteiger partial charge in [0.05, 0.1) is 10.8 Å². The van der Waals surface area contributed by atoms with Crippen LogP contribution in [0.4, 0.5) is 5.69 Å². The number of nitrogen functional groups attached to an aromatic ring is 1. The second-order valence-electron chi connectivity index (χ2n) is 5.92. The predicted octanol–water partition coefficient (Wildman–Crippen LogP) is 3.12. The molecule has 1 aromatic carbocycles. The Balaban J connectivity index is 1.73. The Bertz CT molecular complexity index is 485. The van der Waals surface area contributed by atoms with Gasteiger partial charge in [0.25, 0.3) is 0 Å². The first-order chi connectivity index (χ1) is 8.65. The molecule has 0 aliphatic heterocycles. The van der Waals surface area contributed by atoms with Gasteiger partial charge >= 0.3 is 0 Å². The highest BCUT2D eigenvalue weighted by molar-refractivity contribution is 7.85. The van der Waals surface area contributed by atoms with E-state index in [1.165, 1.54) is 25.7 Å². The molecule has 2 fully saturated rings. The SMILES string of the molecule is Cc1c(N)cccc1S(=O)CC1CC2CCC1C2. The van der Waals surface area contributed by atoms with Gasteiger partial charge < -0.3 is 5.73 Å². The van der Waals surface area contributed by atoms with Crippen LogP contribution in [0.15, 0.2) is 23.1 Å².